The highest BCUT2D eigenvalue weighted by Crippen LogP contribution is 2.15. The van der Waals surface area contributed by atoms with Gasteiger partial charge in [-0.05, 0) is 38.0 Å². The van der Waals surface area contributed by atoms with Gasteiger partial charge in [0.2, 0.25) is 15.8 Å². The summed E-state index contributed by atoms with van der Waals surface area (Å²) in [4.78, 5) is 24.6. The van der Waals surface area contributed by atoms with Gasteiger partial charge in [-0.1, -0.05) is 48.9 Å². The highest BCUT2D eigenvalue weighted by atomic mass is 32.2. The Labute approximate surface area is 166 Å². The summed E-state index contributed by atoms with van der Waals surface area (Å²) in [7, 11) is -2.52. The average molecular weight is 404 g/mol. The van der Waals surface area contributed by atoms with Crippen LogP contribution in [0.3, 0.4) is 0 Å². The molecule has 0 aliphatic carbocycles. The number of carbonyl (C=O) groups is 2. The molecule has 0 saturated heterocycles. The first-order valence-corrected chi connectivity index (χ1v) is 10.4. The maximum absolute atomic E-state index is 12.5. The molecule has 0 fully saturated rings. The standard InChI is InChI=1S/C21H25NO5S/c1-5-17-8-10-18(11-9-17)21(24)16(3)27-20(23)14-22(4)28(25,26)19-12-6-15(2)7-13-19/h6-13,16H,5,14H2,1-4H3. The monoisotopic (exact) mass is 403 g/mol. The van der Waals surface area contributed by atoms with E-state index in [1.807, 2.05) is 26.0 Å². The highest BCUT2D eigenvalue weighted by Gasteiger charge is 2.26. The number of hydrogen-bond donors (Lipinski definition) is 0. The average Bonchev–Trinajstić information content (AvgIpc) is 2.67. The Balaban J connectivity index is 1.99. The first-order valence-electron chi connectivity index (χ1n) is 9.00. The van der Waals surface area contributed by atoms with Gasteiger partial charge in [0.1, 0.15) is 6.54 Å². The van der Waals surface area contributed by atoms with Crippen LogP contribution in [-0.2, 0) is 26.0 Å². The molecule has 28 heavy (non-hydrogen) atoms. The molecule has 6 nitrogen and oxygen atoms in total. The van der Waals surface area contributed by atoms with Gasteiger partial charge >= 0.3 is 5.97 Å². The van der Waals surface area contributed by atoms with Crippen LogP contribution in [0.15, 0.2) is 53.4 Å². The summed E-state index contributed by atoms with van der Waals surface area (Å²) in [6.45, 7) is 4.86. The van der Waals surface area contributed by atoms with Crippen molar-refractivity contribution >= 4 is 21.8 Å². The summed E-state index contributed by atoms with van der Waals surface area (Å²) in [6, 6.07) is 13.4. The molecule has 1 unspecified atom stereocenters. The number of nitrogens with zero attached hydrogens (tertiary/aromatic N) is 1. The lowest BCUT2D eigenvalue weighted by Gasteiger charge is -2.18. The van der Waals surface area contributed by atoms with Crippen molar-refractivity contribution in [3.8, 4) is 0 Å². The van der Waals surface area contributed by atoms with E-state index >= 15 is 0 Å². The zero-order valence-corrected chi connectivity index (χ0v) is 17.3. The Morgan fingerprint density at radius 3 is 2.14 bits per heavy atom. The van der Waals surface area contributed by atoms with E-state index in [0.29, 0.717) is 5.56 Å². The van der Waals surface area contributed by atoms with Gasteiger partial charge in [-0.25, -0.2) is 8.42 Å². The zero-order chi connectivity index (χ0) is 20.9. The third kappa shape index (κ3) is 5.27. The summed E-state index contributed by atoms with van der Waals surface area (Å²) in [5, 5.41) is 0. The molecule has 0 radical (unpaired) electrons. The Morgan fingerprint density at radius 2 is 1.61 bits per heavy atom. The third-order valence-corrected chi connectivity index (χ3v) is 6.22. The van der Waals surface area contributed by atoms with Gasteiger partial charge in [0.05, 0.1) is 4.90 Å². The Bertz CT molecular complexity index is 934. The molecular weight excluding hydrogens is 378 g/mol. The number of ether oxygens (including phenoxy) is 1. The lowest BCUT2D eigenvalue weighted by molar-refractivity contribution is -0.146. The maximum Gasteiger partial charge on any atom is 0.322 e. The summed E-state index contributed by atoms with van der Waals surface area (Å²) in [5.41, 5.74) is 2.47. The predicted molar refractivity (Wildman–Crippen MR) is 107 cm³/mol. The zero-order valence-electron chi connectivity index (χ0n) is 16.5. The van der Waals surface area contributed by atoms with Crippen molar-refractivity contribution < 1.29 is 22.7 Å². The van der Waals surface area contributed by atoms with Gasteiger partial charge < -0.3 is 4.74 Å². The topological polar surface area (TPSA) is 80.8 Å². The number of esters is 1. The minimum Gasteiger partial charge on any atom is -0.453 e. The summed E-state index contributed by atoms with van der Waals surface area (Å²) in [6.07, 6.45) is -0.142. The van der Waals surface area contributed by atoms with Crippen molar-refractivity contribution in [1.29, 1.82) is 0 Å². The molecular formula is C21H25NO5S. The quantitative estimate of drug-likeness (QED) is 0.500. The summed E-state index contributed by atoms with van der Waals surface area (Å²) in [5.74, 6) is -1.12. The molecule has 2 aromatic rings. The molecule has 0 aliphatic heterocycles. The van der Waals surface area contributed by atoms with Crippen molar-refractivity contribution in [2.24, 2.45) is 0 Å². The van der Waals surface area contributed by atoms with E-state index in [2.05, 4.69) is 0 Å². The number of hydrogen-bond acceptors (Lipinski definition) is 5. The molecule has 0 amide bonds. The van der Waals surface area contributed by atoms with Crippen molar-refractivity contribution in [3.63, 3.8) is 0 Å². The van der Waals surface area contributed by atoms with E-state index in [9.17, 15) is 18.0 Å². The maximum atomic E-state index is 12.5. The van der Waals surface area contributed by atoms with E-state index in [4.69, 9.17) is 4.74 Å². The van der Waals surface area contributed by atoms with E-state index in [0.717, 1.165) is 21.9 Å². The number of sulfonamides is 1. The smallest absolute Gasteiger partial charge is 0.322 e. The Kier molecular flexibility index (Phi) is 7.10. The molecule has 0 bridgehead atoms. The number of benzene rings is 2. The summed E-state index contributed by atoms with van der Waals surface area (Å²) < 4.78 is 31.1. The Hall–Kier alpha value is -2.51. The van der Waals surface area contributed by atoms with Gasteiger partial charge in [-0.3, -0.25) is 9.59 Å². The fourth-order valence-electron chi connectivity index (χ4n) is 2.58. The fourth-order valence-corrected chi connectivity index (χ4v) is 3.70. The summed E-state index contributed by atoms with van der Waals surface area (Å²) >= 11 is 0. The molecule has 0 aliphatic rings. The minimum absolute atomic E-state index is 0.0912. The van der Waals surface area contributed by atoms with E-state index in [-0.39, 0.29) is 10.7 Å². The van der Waals surface area contributed by atoms with E-state index < -0.39 is 28.6 Å². The van der Waals surface area contributed by atoms with Crippen LogP contribution in [0, 0.1) is 6.92 Å². The number of Topliss-reactive ketones (excluding diaryl/α,β-unsaturated/α-hetero) is 1. The SMILES string of the molecule is CCc1ccc(C(=O)C(C)OC(=O)CN(C)S(=O)(=O)c2ccc(C)cc2)cc1. The van der Waals surface area contributed by atoms with Crippen molar-refractivity contribution in [2.75, 3.05) is 13.6 Å². The van der Waals surface area contributed by atoms with Crippen LogP contribution in [0.25, 0.3) is 0 Å². The van der Waals surface area contributed by atoms with E-state index in [1.54, 1.807) is 24.3 Å². The van der Waals surface area contributed by atoms with Crippen molar-refractivity contribution in [3.05, 3.63) is 65.2 Å². The Morgan fingerprint density at radius 1 is 1.04 bits per heavy atom. The molecule has 0 aromatic heterocycles. The number of ketones is 1. The van der Waals surface area contributed by atoms with Crippen molar-refractivity contribution in [2.45, 2.75) is 38.2 Å². The number of rotatable bonds is 8. The van der Waals surface area contributed by atoms with Gasteiger partial charge in [0, 0.05) is 12.6 Å². The number of likely N-dealkylation sites (N-methyl/N-ethyl adjacent to an activating group) is 1. The second-order valence-electron chi connectivity index (χ2n) is 6.62. The minimum atomic E-state index is -3.82. The van der Waals surface area contributed by atoms with Crippen LogP contribution in [-0.4, -0.2) is 44.2 Å². The second-order valence-corrected chi connectivity index (χ2v) is 8.67. The second kappa shape index (κ2) is 9.12. The molecule has 0 spiro atoms. The van der Waals surface area contributed by atoms with Gasteiger partial charge in [-0.2, -0.15) is 4.31 Å². The molecule has 1 atom stereocenters. The van der Waals surface area contributed by atoms with Crippen molar-refractivity contribution in [1.82, 2.24) is 4.31 Å². The molecule has 2 rings (SSSR count). The van der Waals surface area contributed by atoms with E-state index in [1.165, 1.54) is 26.1 Å². The van der Waals surface area contributed by atoms with Gasteiger partial charge in [-0.15, -0.1) is 0 Å². The lowest BCUT2D eigenvalue weighted by Crippen LogP contribution is -2.35. The fraction of sp³-hybridized carbons (Fsp3) is 0.333. The van der Waals surface area contributed by atoms with Crippen LogP contribution >= 0.6 is 0 Å². The first kappa shape index (κ1) is 21.8. The first-order chi connectivity index (χ1) is 13.1. The molecule has 150 valence electrons. The lowest BCUT2D eigenvalue weighted by atomic mass is 10.0. The van der Waals surface area contributed by atoms with Crippen LogP contribution in [0.1, 0.15) is 35.3 Å². The number of carbonyl (C=O) groups excluding carboxylic acids is 2. The predicted octanol–water partition coefficient (Wildman–Crippen LogP) is 2.99. The highest BCUT2D eigenvalue weighted by molar-refractivity contribution is 7.89. The van der Waals surface area contributed by atoms with Crippen LogP contribution < -0.4 is 0 Å². The largest absolute Gasteiger partial charge is 0.453 e. The molecule has 0 N–H and O–H groups in total. The molecule has 7 heteroatoms. The van der Waals surface area contributed by atoms with Gasteiger partial charge in [0.25, 0.3) is 0 Å². The normalized spacial score (nSPS) is 12.6. The number of aryl methyl sites for hydroxylation is 2. The molecule has 0 heterocycles. The molecule has 2 aromatic carbocycles. The third-order valence-electron chi connectivity index (χ3n) is 4.41. The van der Waals surface area contributed by atoms with Crippen LogP contribution in [0.2, 0.25) is 0 Å². The molecule has 0 saturated carbocycles. The van der Waals surface area contributed by atoms with Crippen LogP contribution in [0.4, 0.5) is 0 Å². The van der Waals surface area contributed by atoms with Crippen LogP contribution in [0.5, 0.6) is 0 Å². The van der Waals surface area contributed by atoms with Gasteiger partial charge in [0.15, 0.2) is 6.10 Å².